The Morgan fingerprint density at radius 1 is 1.20 bits per heavy atom. The highest BCUT2D eigenvalue weighted by Crippen LogP contribution is 2.46. The van der Waals surface area contributed by atoms with E-state index < -0.39 is 23.6 Å². The highest BCUT2D eigenvalue weighted by Gasteiger charge is 2.56. The van der Waals surface area contributed by atoms with Gasteiger partial charge in [-0.05, 0) is 29.5 Å². The van der Waals surface area contributed by atoms with Crippen LogP contribution in [0.25, 0.3) is 0 Å². The number of amides is 3. The molecule has 2 aromatic rings. The molecule has 0 radical (unpaired) electrons. The van der Waals surface area contributed by atoms with Crippen LogP contribution in [-0.2, 0) is 26.3 Å². The van der Waals surface area contributed by atoms with Crippen molar-refractivity contribution in [3.05, 3.63) is 65.7 Å². The average Bonchev–Trinajstić information content (AvgIpc) is 3.39. The van der Waals surface area contributed by atoms with Crippen molar-refractivity contribution >= 4 is 23.6 Å². The van der Waals surface area contributed by atoms with E-state index in [1.165, 1.54) is 9.80 Å². The molecule has 2 aromatic carbocycles. The van der Waals surface area contributed by atoms with E-state index in [4.69, 9.17) is 4.74 Å². The Morgan fingerprint density at radius 2 is 1.89 bits per heavy atom. The number of ether oxygens (including phenoxy) is 1. The molecule has 2 heterocycles. The molecular weight excluding hydrogens is 444 g/mol. The molecule has 1 N–H and O–H groups in total. The number of nitrogens with one attached hydrogen (secondary N) is 1. The van der Waals surface area contributed by atoms with Gasteiger partial charge < -0.3 is 15.0 Å². The number of carbonyl (C=O) groups is 3. The summed E-state index contributed by atoms with van der Waals surface area (Å²) < 4.78 is 5.46. The van der Waals surface area contributed by atoms with Crippen molar-refractivity contribution in [3.8, 4) is 6.07 Å². The molecule has 3 amide bonds. The van der Waals surface area contributed by atoms with Gasteiger partial charge in [-0.2, -0.15) is 5.26 Å². The third-order valence-corrected chi connectivity index (χ3v) is 6.86. The fourth-order valence-corrected chi connectivity index (χ4v) is 5.00. The van der Waals surface area contributed by atoms with Gasteiger partial charge in [-0.1, -0.05) is 62.4 Å². The van der Waals surface area contributed by atoms with Gasteiger partial charge in [0.2, 0.25) is 11.8 Å². The molecule has 2 aliphatic heterocycles. The lowest BCUT2D eigenvalue weighted by atomic mass is 9.80. The molecule has 0 bridgehead atoms. The minimum Gasteiger partial charge on any atom is -0.445 e. The van der Waals surface area contributed by atoms with Crippen molar-refractivity contribution in [1.29, 1.82) is 5.26 Å². The topological polar surface area (TPSA) is 103 Å². The molecule has 8 nitrogen and oxygen atoms in total. The third kappa shape index (κ3) is 4.59. The molecule has 35 heavy (non-hydrogen) atoms. The Balaban J connectivity index is 1.56. The molecule has 182 valence electrons. The quantitative estimate of drug-likeness (QED) is 0.688. The number of benzene rings is 2. The minimum atomic E-state index is -0.971. The van der Waals surface area contributed by atoms with Crippen molar-refractivity contribution in [2.24, 2.45) is 5.92 Å². The van der Waals surface area contributed by atoms with Crippen LogP contribution in [0.15, 0.2) is 54.6 Å². The van der Waals surface area contributed by atoms with Crippen molar-refractivity contribution < 1.29 is 19.1 Å². The van der Waals surface area contributed by atoms with Crippen LogP contribution >= 0.6 is 0 Å². The molecule has 0 unspecified atom stereocenters. The lowest BCUT2D eigenvalue weighted by Gasteiger charge is -2.32. The first-order chi connectivity index (χ1) is 16.8. The van der Waals surface area contributed by atoms with E-state index in [1.807, 2.05) is 68.4 Å². The Hall–Kier alpha value is -3.86. The predicted octanol–water partition coefficient (Wildman–Crippen LogP) is 3.68. The fourth-order valence-electron chi connectivity index (χ4n) is 5.00. The predicted molar refractivity (Wildman–Crippen MR) is 130 cm³/mol. The van der Waals surface area contributed by atoms with E-state index in [9.17, 15) is 19.6 Å². The molecule has 2 aliphatic rings. The van der Waals surface area contributed by atoms with Crippen molar-refractivity contribution in [2.75, 3.05) is 18.9 Å². The van der Waals surface area contributed by atoms with Crippen LogP contribution in [0.2, 0.25) is 0 Å². The number of likely N-dealkylation sites (tertiary alicyclic amines) is 1. The van der Waals surface area contributed by atoms with E-state index >= 15 is 0 Å². The summed E-state index contributed by atoms with van der Waals surface area (Å²) in [4.78, 5) is 42.5. The minimum absolute atomic E-state index is 0.0917. The summed E-state index contributed by atoms with van der Waals surface area (Å²) in [6.45, 7) is 4.13. The molecule has 8 heteroatoms. The number of nitriles is 1. The van der Waals surface area contributed by atoms with Crippen LogP contribution in [-0.4, -0.2) is 53.4 Å². The number of carbonyl (C=O) groups excluding carboxylic acids is 3. The Bertz CT molecular complexity index is 1160. The zero-order valence-electron chi connectivity index (χ0n) is 20.2. The molecule has 0 aliphatic carbocycles. The smallest absolute Gasteiger partial charge is 0.410 e. The molecule has 3 atom stereocenters. The molecule has 4 rings (SSSR count). The van der Waals surface area contributed by atoms with Crippen molar-refractivity contribution in [2.45, 2.75) is 50.8 Å². The second-order valence-electron chi connectivity index (χ2n) is 9.69. The van der Waals surface area contributed by atoms with E-state index in [2.05, 4.69) is 11.4 Å². The maximum atomic E-state index is 13.8. The highest BCUT2D eigenvalue weighted by atomic mass is 16.6. The first-order valence-electron chi connectivity index (χ1n) is 11.8. The van der Waals surface area contributed by atoms with Crippen molar-refractivity contribution in [3.63, 3.8) is 0 Å². The van der Waals surface area contributed by atoms with Crippen LogP contribution in [0.3, 0.4) is 0 Å². The van der Waals surface area contributed by atoms with Crippen molar-refractivity contribution in [1.82, 2.24) is 9.80 Å². The number of fused-ring (bicyclic) bond motifs is 2. The summed E-state index contributed by atoms with van der Waals surface area (Å²) in [5, 5.41) is 12.8. The van der Waals surface area contributed by atoms with Crippen LogP contribution in [0, 0.1) is 17.2 Å². The Kier molecular flexibility index (Phi) is 6.79. The SMILES string of the molecule is CC(C)C[C@@H](C(=O)N1C[C@]2(C[C@H]1C#N)C(=O)Nc1ccccc12)N(C)C(=O)OCc1ccccc1. The summed E-state index contributed by atoms with van der Waals surface area (Å²) in [6.07, 6.45) is 0.00807. The summed E-state index contributed by atoms with van der Waals surface area (Å²) in [5.41, 5.74) is 1.39. The van der Waals surface area contributed by atoms with Gasteiger partial charge in [0.25, 0.3) is 0 Å². The average molecular weight is 475 g/mol. The van der Waals surface area contributed by atoms with Gasteiger partial charge in [0, 0.05) is 25.7 Å². The second kappa shape index (κ2) is 9.79. The summed E-state index contributed by atoms with van der Waals surface area (Å²) in [7, 11) is 1.54. The maximum absolute atomic E-state index is 13.8. The van der Waals surface area contributed by atoms with Gasteiger partial charge in [0.1, 0.15) is 18.7 Å². The third-order valence-electron chi connectivity index (χ3n) is 6.86. The second-order valence-corrected chi connectivity index (χ2v) is 9.69. The van der Waals surface area contributed by atoms with Crippen LogP contribution in [0.1, 0.15) is 37.8 Å². The highest BCUT2D eigenvalue weighted by molar-refractivity contribution is 6.07. The van der Waals surface area contributed by atoms with E-state index in [1.54, 1.807) is 7.05 Å². The zero-order chi connectivity index (χ0) is 25.2. The van der Waals surface area contributed by atoms with Gasteiger partial charge in [0.15, 0.2) is 0 Å². The first kappa shape index (κ1) is 24.3. The molecule has 1 fully saturated rings. The van der Waals surface area contributed by atoms with Gasteiger partial charge in [-0.3, -0.25) is 14.5 Å². The number of hydrogen-bond acceptors (Lipinski definition) is 5. The fraction of sp³-hybridized carbons (Fsp3) is 0.407. The van der Waals surface area contributed by atoms with Crippen LogP contribution in [0.4, 0.5) is 10.5 Å². The first-order valence-corrected chi connectivity index (χ1v) is 11.8. The van der Waals surface area contributed by atoms with Crippen LogP contribution in [0.5, 0.6) is 0 Å². The monoisotopic (exact) mass is 474 g/mol. The molecular formula is C27H30N4O4. The molecule has 0 saturated carbocycles. The number of nitrogens with zero attached hydrogens (tertiary/aromatic N) is 3. The maximum Gasteiger partial charge on any atom is 0.410 e. The van der Waals surface area contributed by atoms with E-state index in [0.717, 1.165) is 11.1 Å². The van der Waals surface area contributed by atoms with E-state index in [0.29, 0.717) is 12.1 Å². The number of rotatable bonds is 6. The van der Waals surface area contributed by atoms with Crippen LogP contribution < -0.4 is 5.32 Å². The van der Waals surface area contributed by atoms with Gasteiger partial charge in [-0.25, -0.2) is 4.79 Å². The standard InChI is InChI=1S/C27H30N4O4/c1-18(2)13-23(30(3)26(34)35-16-19-9-5-4-6-10-19)24(32)31-17-27(14-20(31)15-28)21-11-7-8-12-22(21)29-25(27)33/h4-12,18,20,23H,13-14,16-17H2,1-3H3,(H,29,33)/t20-,23-,27-/m0/s1. The number of para-hydroxylation sites is 1. The zero-order valence-corrected chi connectivity index (χ0v) is 20.2. The molecule has 0 aromatic heterocycles. The summed E-state index contributed by atoms with van der Waals surface area (Å²) in [6, 6.07) is 17.3. The summed E-state index contributed by atoms with van der Waals surface area (Å²) >= 11 is 0. The largest absolute Gasteiger partial charge is 0.445 e. The van der Waals surface area contributed by atoms with Gasteiger partial charge in [0.05, 0.1) is 11.5 Å². The van der Waals surface area contributed by atoms with E-state index in [-0.39, 0.29) is 37.3 Å². The Morgan fingerprint density at radius 3 is 2.57 bits per heavy atom. The lowest BCUT2D eigenvalue weighted by Crippen LogP contribution is -2.52. The normalized spacial score (nSPS) is 21.4. The van der Waals surface area contributed by atoms with Gasteiger partial charge >= 0.3 is 6.09 Å². The number of hydrogen-bond donors (Lipinski definition) is 1. The molecule has 1 saturated heterocycles. The number of anilines is 1. The Labute approximate surface area is 205 Å². The summed E-state index contributed by atoms with van der Waals surface area (Å²) in [5.74, 6) is -0.440. The number of likely N-dealkylation sites (N-methyl/N-ethyl adjacent to an activating group) is 1. The van der Waals surface area contributed by atoms with Gasteiger partial charge in [-0.15, -0.1) is 0 Å². The lowest BCUT2D eigenvalue weighted by molar-refractivity contribution is -0.137. The molecule has 1 spiro atoms.